The third kappa shape index (κ3) is 2.27. The van der Waals surface area contributed by atoms with Crippen LogP contribution in [0, 0.1) is 0 Å². The van der Waals surface area contributed by atoms with Crippen molar-refractivity contribution in [3.8, 4) is 0 Å². The molecule has 0 bridgehead atoms. The van der Waals surface area contributed by atoms with Crippen LogP contribution in [0.1, 0.15) is 25.3 Å². The number of hydrogen-bond donors (Lipinski definition) is 2. The van der Waals surface area contributed by atoms with E-state index in [2.05, 4.69) is 23.0 Å². The van der Waals surface area contributed by atoms with Gasteiger partial charge < -0.3 is 15.8 Å². The van der Waals surface area contributed by atoms with E-state index in [1.54, 1.807) is 11.8 Å². The van der Waals surface area contributed by atoms with Crippen LogP contribution in [-0.2, 0) is 0 Å². The Kier molecular flexibility index (Phi) is 4.01. The van der Waals surface area contributed by atoms with Crippen molar-refractivity contribution in [2.75, 3.05) is 17.7 Å². The minimum atomic E-state index is 0.189. The van der Waals surface area contributed by atoms with Gasteiger partial charge in [0.05, 0.1) is 5.56 Å². The second kappa shape index (κ2) is 5.52. The van der Waals surface area contributed by atoms with Gasteiger partial charge in [-0.25, -0.2) is 0 Å². The molecule has 0 spiro atoms. The highest BCUT2D eigenvalue weighted by molar-refractivity contribution is 7.98. The number of rotatable bonds is 3. The van der Waals surface area contributed by atoms with Gasteiger partial charge in [-0.2, -0.15) is 0 Å². The van der Waals surface area contributed by atoms with Gasteiger partial charge in [0.1, 0.15) is 0 Å². The fourth-order valence-electron chi connectivity index (χ4n) is 2.53. The maximum absolute atomic E-state index is 8.98. The summed E-state index contributed by atoms with van der Waals surface area (Å²) in [4.78, 5) is 3.38. The Morgan fingerprint density at radius 2 is 2.33 bits per heavy atom. The first kappa shape index (κ1) is 13.1. The quantitative estimate of drug-likeness (QED) is 0.290. The average molecular weight is 265 g/mol. The van der Waals surface area contributed by atoms with E-state index >= 15 is 0 Å². The van der Waals surface area contributed by atoms with Gasteiger partial charge in [0.25, 0.3) is 0 Å². The Morgan fingerprint density at radius 1 is 1.56 bits per heavy atom. The first-order chi connectivity index (χ1) is 8.69. The molecule has 1 aromatic rings. The van der Waals surface area contributed by atoms with E-state index in [0.717, 1.165) is 22.7 Å². The molecule has 0 radical (unpaired) electrons. The number of hydrogen-bond acceptors (Lipinski definition) is 4. The fourth-order valence-corrected chi connectivity index (χ4v) is 3.16. The predicted molar refractivity (Wildman–Crippen MR) is 76.8 cm³/mol. The fraction of sp³-hybridized carbons (Fsp3) is 0.462. The maximum Gasteiger partial charge on any atom is 0.173 e. The number of oxime groups is 1. The summed E-state index contributed by atoms with van der Waals surface area (Å²) in [5, 5.41) is 12.2. The third-order valence-corrected chi connectivity index (χ3v) is 4.23. The van der Waals surface area contributed by atoms with Crippen LogP contribution in [0.4, 0.5) is 5.69 Å². The monoisotopic (exact) mass is 265 g/mol. The Labute approximate surface area is 112 Å². The molecule has 4 nitrogen and oxygen atoms in total. The summed E-state index contributed by atoms with van der Waals surface area (Å²) in [5.41, 5.74) is 7.76. The number of anilines is 1. The Hall–Kier alpha value is -1.36. The van der Waals surface area contributed by atoms with Gasteiger partial charge in [0, 0.05) is 23.2 Å². The van der Waals surface area contributed by atoms with Crippen molar-refractivity contribution in [2.24, 2.45) is 10.9 Å². The van der Waals surface area contributed by atoms with Gasteiger partial charge in [-0.15, -0.1) is 11.8 Å². The molecule has 98 valence electrons. The first-order valence-electron chi connectivity index (χ1n) is 6.10. The zero-order valence-electron chi connectivity index (χ0n) is 10.8. The van der Waals surface area contributed by atoms with Crippen molar-refractivity contribution in [2.45, 2.75) is 30.7 Å². The molecule has 3 N–H and O–H groups in total. The molecule has 1 heterocycles. The number of nitrogens with zero attached hydrogens (tertiary/aromatic N) is 2. The molecule has 1 unspecified atom stereocenters. The van der Waals surface area contributed by atoms with Gasteiger partial charge >= 0.3 is 0 Å². The van der Waals surface area contributed by atoms with Crippen LogP contribution in [0.2, 0.25) is 0 Å². The van der Waals surface area contributed by atoms with Crippen molar-refractivity contribution in [1.82, 2.24) is 0 Å². The lowest BCUT2D eigenvalue weighted by Crippen LogP contribution is -2.29. The highest BCUT2D eigenvalue weighted by Crippen LogP contribution is 2.33. The van der Waals surface area contributed by atoms with Crippen molar-refractivity contribution < 1.29 is 5.21 Å². The zero-order chi connectivity index (χ0) is 13.1. The van der Waals surface area contributed by atoms with Gasteiger partial charge in [0.15, 0.2) is 5.84 Å². The van der Waals surface area contributed by atoms with Gasteiger partial charge in [-0.05, 0) is 38.2 Å². The summed E-state index contributed by atoms with van der Waals surface area (Å²) >= 11 is 1.61. The average Bonchev–Trinajstić information content (AvgIpc) is 2.83. The highest BCUT2D eigenvalue weighted by atomic mass is 32.2. The van der Waals surface area contributed by atoms with E-state index in [9.17, 15) is 0 Å². The normalized spacial score (nSPS) is 20.4. The molecule has 0 saturated carbocycles. The Morgan fingerprint density at radius 3 is 2.89 bits per heavy atom. The molecule has 18 heavy (non-hydrogen) atoms. The topological polar surface area (TPSA) is 61.8 Å². The van der Waals surface area contributed by atoms with E-state index in [4.69, 9.17) is 10.9 Å². The number of amidine groups is 1. The highest BCUT2D eigenvalue weighted by Gasteiger charge is 2.25. The lowest BCUT2D eigenvalue weighted by Gasteiger charge is -2.27. The second-order valence-electron chi connectivity index (χ2n) is 4.52. The Bertz CT molecular complexity index is 462. The summed E-state index contributed by atoms with van der Waals surface area (Å²) in [5.74, 6) is 0.189. The van der Waals surface area contributed by atoms with Crippen LogP contribution in [0.3, 0.4) is 0 Å². The zero-order valence-corrected chi connectivity index (χ0v) is 11.6. The number of thioether (sulfide) groups is 1. The molecule has 1 atom stereocenters. The molecule has 0 aliphatic carbocycles. The minimum Gasteiger partial charge on any atom is -0.409 e. The lowest BCUT2D eigenvalue weighted by atomic mass is 10.1. The summed E-state index contributed by atoms with van der Waals surface area (Å²) in [6.45, 7) is 3.25. The molecular weight excluding hydrogens is 246 g/mol. The standard InChI is InChI=1S/C13H19N3OS/c1-9-5-4-8-16(9)10-6-3-7-11(18-2)12(10)13(14)15-17/h3,6-7,9,17H,4-5,8H2,1-2H3,(H2,14,15). The largest absolute Gasteiger partial charge is 0.409 e. The van der Waals surface area contributed by atoms with Crippen LogP contribution < -0.4 is 10.6 Å². The Balaban J connectivity index is 2.52. The second-order valence-corrected chi connectivity index (χ2v) is 5.37. The molecule has 1 aromatic carbocycles. The van der Waals surface area contributed by atoms with Gasteiger partial charge in [-0.3, -0.25) is 0 Å². The predicted octanol–water partition coefficient (Wildman–Crippen LogP) is 2.49. The SMILES string of the molecule is CSc1cccc(N2CCCC2C)c1/C(N)=N/O. The molecule has 0 aromatic heterocycles. The van der Waals surface area contributed by atoms with E-state index in [1.807, 2.05) is 18.4 Å². The van der Waals surface area contributed by atoms with Gasteiger partial charge in [0.2, 0.25) is 0 Å². The summed E-state index contributed by atoms with van der Waals surface area (Å²) in [6, 6.07) is 6.59. The number of benzene rings is 1. The molecule has 5 heteroatoms. The minimum absolute atomic E-state index is 0.189. The number of nitrogens with two attached hydrogens (primary N) is 1. The van der Waals surface area contributed by atoms with Crippen LogP contribution >= 0.6 is 11.8 Å². The van der Waals surface area contributed by atoms with Crippen molar-refractivity contribution >= 4 is 23.3 Å². The van der Waals surface area contributed by atoms with Crippen LogP contribution in [0.25, 0.3) is 0 Å². The molecule has 1 fully saturated rings. The molecule has 1 aliphatic rings. The van der Waals surface area contributed by atoms with Crippen molar-refractivity contribution in [3.63, 3.8) is 0 Å². The van der Waals surface area contributed by atoms with E-state index in [0.29, 0.717) is 6.04 Å². The van der Waals surface area contributed by atoms with E-state index in [-0.39, 0.29) is 5.84 Å². The maximum atomic E-state index is 8.98. The molecule has 2 rings (SSSR count). The van der Waals surface area contributed by atoms with Crippen LogP contribution in [0.5, 0.6) is 0 Å². The molecular formula is C13H19N3OS. The summed E-state index contributed by atoms with van der Waals surface area (Å²) in [7, 11) is 0. The lowest BCUT2D eigenvalue weighted by molar-refractivity contribution is 0.318. The van der Waals surface area contributed by atoms with Crippen molar-refractivity contribution in [3.05, 3.63) is 23.8 Å². The van der Waals surface area contributed by atoms with Crippen LogP contribution in [0.15, 0.2) is 28.3 Å². The summed E-state index contributed by atoms with van der Waals surface area (Å²) in [6.07, 6.45) is 4.39. The van der Waals surface area contributed by atoms with Crippen molar-refractivity contribution in [1.29, 1.82) is 0 Å². The molecule has 0 amide bonds. The van der Waals surface area contributed by atoms with Crippen LogP contribution in [-0.4, -0.2) is 29.9 Å². The molecule has 1 aliphatic heterocycles. The molecule has 1 saturated heterocycles. The summed E-state index contributed by atoms with van der Waals surface area (Å²) < 4.78 is 0. The van der Waals surface area contributed by atoms with Gasteiger partial charge in [-0.1, -0.05) is 11.2 Å². The van der Waals surface area contributed by atoms with E-state index in [1.165, 1.54) is 12.8 Å². The smallest absolute Gasteiger partial charge is 0.173 e. The first-order valence-corrected chi connectivity index (χ1v) is 7.33. The van der Waals surface area contributed by atoms with E-state index < -0.39 is 0 Å². The third-order valence-electron chi connectivity index (χ3n) is 3.45.